The lowest BCUT2D eigenvalue weighted by Crippen LogP contribution is -2.71. The van der Waals surface area contributed by atoms with Crippen LogP contribution in [0.5, 0.6) is 0 Å². The minimum atomic E-state index is -4.61. The number of alkyl halides is 3. The first-order valence-corrected chi connectivity index (χ1v) is 9.98. The SMILES string of the molecule is O=C(CC(F)(F)F)N1C[C@H]2[C@@H](c3ccccc31)[C@@H](CO)N2C(=O)CN1CCOCC1. The number of benzene rings is 1. The normalized spacial score (nSPS) is 26.6. The maximum Gasteiger partial charge on any atom is 0.397 e. The molecule has 3 aliphatic heterocycles. The number of rotatable bonds is 4. The van der Waals surface area contributed by atoms with Gasteiger partial charge in [-0.1, -0.05) is 18.2 Å². The Morgan fingerprint density at radius 3 is 2.50 bits per heavy atom. The molecule has 7 nitrogen and oxygen atoms in total. The van der Waals surface area contributed by atoms with Crippen molar-refractivity contribution in [3.8, 4) is 0 Å². The van der Waals surface area contributed by atoms with Crippen molar-refractivity contribution in [3.63, 3.8) is 0 Å². The molecular weight excluding hydrogens is 403 g/mol. The number of anilines is 1. The molecule has 30 heavy (non-hydrogen) atoms. The van der Waals surface area contributed by atoms with Gasteiger partial charge in [0.1, 0.15) is 6.42 Å². The average molecular weight is 427 g/mol. The minimum absolute atomic E-state index is 0.0120. The number of morpholine rings is 1. The van der Waals surface area contributed by atoms with Gasteiger partial charge in [-0.3, -0.25) is 14.5 Å². The van der Waals surface area contributed by atoms with E-state index in [1.807, 2.05) is 4.90 Å². The molecule has 1 aromatic rings. The Morgan fingerprint density at radius 1 is 1.13 bits per heavy atom. The van der Waals surface area contributed by atoms with Crippen LogP contribution in [-0.2, 0) is 14.3 Å². The van der Waals surface area contributed by atoms with E-state index in [9.17, 15) is 27.9 Å². The Hall–Kier alpha value is -2.17. The number of nitrogens with zero attached hydrogens (tertiary/aromatic N) is 3. The van der Waals surface area contributed by atoms with Gasteiger partial charge < -0.3 is 19.6 Å². The first-order chi connectivity index (χ1) is 14.3. The molecule has 0 spiro atoms. The van der Waals surface area contributed by atoms with Crippen LogP contribution in [0.2, 0.25) is 0 Å². The van der Waals surface area contributed by atoms with E-state index >= 15 is 0 Å². The number of fused-ring (bicyclic) bond motifs is 3. The van der Waals surface area contributed by atoms with Crippen molar-refractivity contribution in [3.05, 3.63) is 29.8 Å². The van der Waals surface area contributed by atoms with Gasteiger partial charge in [-0.15, -0.1) is 0 Å². The van der Waals surface area contributed by atoms with Crippen LogP contribution < -0.4 is 4.90 Å². The molecule has 0 radical (unpaired) electrons. The van der Waals surface area contributed by atoms with Crippen LogP contribution in [0.25, 0.3) is 0 Å². The Bertz CT molecular complexity index is 813. The third-order valence-corrected chi connectivity index (χ3v) is 6.09. The number of aliphatic hydroxyl groups is 1. The van der Waals surface area contributed by atoms with Gasteiger partial charge in [0, 0.05) is 31.2 Å². The molecule has 0 bridgehead atoms. The predicted octanol–water partition coefficient (Wildman–Crippen LogP) is 0.973. The van der Waals surface area contributed by atoms with E-state index in [-0.39, 0.29) is 31.5 Å². The number of likely N-dealkylation sites (tertiary alicyclic amines) is 1. The van der Waals surface area contributed by atoms with Gasteiger partial charge >= 0.3 is 6.18 Å². The predicted molar refractivity (Wildman–Crippen MR) is 101 cm³/mol. The van der Waals surface area contributed by atoms with Crippen molar-refractivity contribution < 1.29 is 32.6 Å². The fourth-order valence-electron chi connectivity index (χ4n) is 4.77. The zero-order chi connectivity index (χ0) is 21.5. The molecule has 10 heteroatoms. The molecule has 1 aromatic carbocycles. The van der Waals surface area contributed by atoms with Gasteiger partial charge in [-0.05, 0) is 11.6 Å². The van der Waals surface area contributed by atoms with E-state index in [1.54, 1.807) is 29.2 Å². The molecule has 1 N–H and O–H groups in total. The van der Waals surface area contributed by atoms with Crippen molar-refractivity contribution in [2.24, 2.45) is 0 Å². The van der Waals surface area contributed by atoms with Crippen LogP contribution in [0, 0.1) is 0 Å². The number of ether oxygens (including phenoxy) is 1. The summed E-state index contributed by atoms with van der Waals surface area (Å²) in [5, 5.41) is 9.95. The van der Waals surface area contributed by atoms with Crippen molar-refractivity contribution in [1.82, 2.24) is 9.80 Å². The second-order valence-electron chi connectivity index (χ2n) is 7.89. The van der Waals surface area contributed by atoms with Crippen LogP contribution in [0.4, 0.5) is 18.9 Å². The Morgan fingerprint density at radius 2 is 1.83 bits per heavy atom. The number of para-hydroxylation sites is 1. The van der Waals surface area contributed by atoms with Crippen molar-refractivity contribution in [2.45, 2.75) is 30.6 Å². The van der Waals surface area contributed by atoms with Crippen molar-refractivity contribution in [2.75, 3.05) is 50.9 Å². The molecule has 2 fully saturated rings. The van der Waals surface area contributed by atoms with Gasteiger partial charge in [0.05, 0.1) is 38.4 Å². The molecule has 3 aliphatic rings. The third-order valence-electron chi connectivity index (χ3n) is 6.09. The fraction of sp³-hybridized carbons (Fsp3) is 0.600. The van der Waals surface area contributed by atoms with Crippen LogP contribution in [0.15, 0.2) is 24.3 Å². The zero-order valence-corrected chi connectivity index (χ0v) is 16.3. The Kier molecular flexibility index (Phi) is 5.73. The summed E-state index contributed by atoms with van der Waals surface area (Å²) in [5.41, 5.74) is 1.12. The molecule has 3 heterocycles. The number of aliphatic hydroxyl groups excluding tert-OH is 1. The molecule has 2 saturated heterocycles. The van der Waals surface area contributed by atoms with Gasteiger partial charge in [0.2, 0.25) is 11.8 Å². The largest absolute Gasteiger partial charge is 0.397 e. The minimum Gasteiger partial charge on any atom is -0.394 e. The quantitative estimate of drug-likeness (QED) is 0.776. The lowest BCUT2D eigenvalue weighted by Gasteiger charge is -2.59. The summed E-state index contributed by atoms with van der Waals surface area (Å²) in [6.07, 6.45) is -6.16. The molecule has 2 amide bonds. The highest BCUT2D eigenvalue weighted by Gasteiger charge is 2.55. The standard InChI is InChI=1S/C20H24F3N3O4/c21-20(22,23)9-17(28)25-10-15-19(13-3-1-2-4-14(13)25)16(12-27)26(15)18(29)11-24-5-7-30-8-6-24/h1-4,15-16,19,27H,5-12H2/t15-,16+,19+/m0/s1. The molecule has 0 aromatic heterocycles. The maximum atomic E-state index is 13.0. The van der Waals surface area contributed by atoms with E-state index < -0.39 is 30.6 Å². The second kappa shape index (κ2) is 8.16. The number of carbonyl (C=O) groups excluding carboxylic acids is 2. The van der Waals surface area contributed by atoms with Crippen LogP contribution in [0.3, 0.4) is 0 Å². The lowest BCUT2D eigenvalue weighted by atomic mass is 9.71. The summed E-state index contributed by atoms with van der Waals surface area (Å²) in [5.74, 6) is -1.45. The highest BCUT2D eigenvalue weighted by molar-refractivity contribution is 5.96. The Labute approximate surface area is 172 Å². The molecule has 0 saturated carbocycles. The Balaban J connectivity index is 1.58. The van der Waals surface area contributed by atoms with Crippen LogP contribution >= 0.6 is 0 Å². The average Bonchev–Trinajstić information content (AvgIpc) is 2.67. The number of carbonyl (C=O) groups is 2. The second-order valence-corrected chi connectivity index (χ2v) is 7.89. The van der Waals surface area contributed by atoms with E-state index in [2.05, 4.69) is 0 Å². The lowest BCUT2D eigenvalue weighted by molar-refractivity contribution is -0.157. The van der Waals surface area contributed by atoms with E-state index in [1.165, 1.54) is 0 Å². The van der Waals surface area contributed by atoms with Crippen molar-refractivity contribution >= 4 is 17.5 Å². The van der Waals surface area contributed by atoms with E-state index in [4.69, 9.17) is 4.74 Å². The monoisotopic (exact) mass is 427 g/mol. The number of hydrogen-bond acceptors (Lipinski definition) is 5. The zero-order valence-electron chi connectivity index (χ0n) is 16.3. The summed E-state index contributed by atoms with van der Waals surface area (Å²) in [4.78, 5) is 30.0. The molecular formula is C20H24F3N3O4. The molecule has 164 valence electrons. The number of hydrogen-bond donors (Lipinski definition) is 1. The molecule has 3 atom stereocenters. The first-order valence-electron chi connectivity index (χ1n) is 9.98. The maximum absolute atomic E-state index is 13.0. The van der Waals surface area contributed by atoms with Gasteiger partial charge in [0.15, 0.2) is 0 Å². The smallest absolute Gasteiger partial charge is 0.394 e. The van der Waals surface area contributed by atoms with Crippen molar-refractivity contribution in [1.29, 1.82) is 0 Å². The summed E-state index contributed by atoms with van der Waals surface area (Å²) < 4.78 is 43.8. The highest BCUT2D eigenvalue weighted by Crippen LogP contribution is 2.48. The van der Waals surface area contributed by atoms with Crippen LogP contribution in [0.1, 0.15) is 17.9 Å². The van der Waals surface area contributed by atoms with Crippen LogP contribution in [-0.4, -0.2) is 91.0 Å². The summed E-state index contributed by atoms with van der Waals surface area (Å²) >= 11 is 0. The number of amides is 2. The molecule has 4 rings (SSSR count). The highest BCUT2D eigenvalue weighted by atomic mass is 19.4. The van der Waals surface area contributed by atoms with E-state index in [0.29, 0.717) is 37.6 Å². The summed E-state index contributed by atoms with van der Waals surface area (Å²) in [7, 11) is 0. The third kappa shape index (κ3) is 3.91. The molecule has 0 aliphatic carbocycles. The molecule has 0 unspecified atom stereocenters. The summed E-state index contributed by atoms with van der Waals surface area (Å²) in [6, 6.07) is 5.88. The first kappa shape index (κ1) is 21.1. The van der Waals surface area contributed by atoms with Gasteiger partial charge in [0.25, 0.3) is 0 Å². The summed E-state index contributed by atoms with van der Waals surface area (Å²) in [6.45, 7) is 2.21. The van der Waals surface area contributed by atoms with Gasteiger partial charge in [-0.2, -0.15) is 13.2 Å². The van der Waals surface area contributed by atoms with E-state index in [0.717, 1.165) is 4.90 Å². The fourth-order valence-corrected chi connectivity index (χ4v) is 4.77. The number of halogens is 3. The topological polar surface area (TPSA) is 73.3 Å². The van der Waals surface area contributed by atoms with Gasteiger partial charge in [-0.25, -0.2) is 0 Å².